The number of fused-ring (bicyclic) bond motifs is 1. The third kappa shape index (κ3) is 3.29. The molecule has 4 rings (SSSR count). The number of amides is 2. The minimum atomic E-state index is -4.54. The predicted molar refractivity (Wildman–Crippen MR) is 85.5 cm³/mol. The van der Waals surface area contributed by atoms with Gasteiger partial charge in [-0.1, -0.05) is 0 Å². The molecule has 3 aliphatic heterocycles. The first-order chi connectivity index (χ1) is 12.9. The number of nitrogens with zero attached hydrogens (tertiary/aromatic N) is 4. The van der Waals surface area contributed by atoms with Gasteiger partial charge in [-0.25, -0.2) is 5.01 Å². The zero-order valence-electron chi connectivity index (χ0n) is 14.6. The highest BCUT2D eigenvalue weighted by Gasteiger charge is 2.42. The summed E-state index contributed by atoms with van der Waals surface area (Å²) in [5, 5.41) is 9.28. The van der Waals surface area contributed by atoms with Gasteiger partial charge in [0.2, 0.25) is 0 Å². The van der Waals surface area contributed by atoms with Crippen molar-refractivity contribution in [3.63, 3.8) is 0 Å². The summed E-state index contributed by atoms with van der Waals surface area (Å²) in [6.45, 7) is 2.56. The fourth-order valence-electron chi connectivity index (χ4n) is 4.05. The molecule has 27 heavy (non-hydrogen) atoms. The maximum atomic E-state index is 13.0. The summed E-state index contributed by atoms with van der Waals surface area (Å²) >= 11 is 0. The number of halogens is 3. The van der Waals surface area contributed by atoms with Crippen LogP contribution in [0.5, 0.6) is 0 Å². The van der Waals surface area contributed by atoms with Gasteiger partial charge in [-0.3, -0.25) is 19.7 Å². The van der Waals surface area contributed by atoms with Gasteiger partial charge in [0.1, 0.15) is 12.3 Å². The van der Waals surface area contributed by atoms with Crippen LogP contribution in [0.1, 0.15) is 34.6 Å². The third-order valence-corrected chi connectivity index (χ3v) is 5.40. The molecule has 0 aliphatic carbocycles. The Morgan fingerprint density at radius 2 is 1.85 bits per heavy atom. The number of carbonyl (C=O) groups excluding carboxylic acids is 2. The Kier molecular flexibility index (Phi) is 4.58. The van der Waals surface area contributed by atoms with Gasteiger partial charge < -0.3 is 9.64 Å². The lowest BCUT2D eigenvalue weighted by atomic mass is 9.97. The van der Waals surface area contributed by atoms with E-state index in [0.717, 1.165) is 0 Å². The van der Waals surface area contributed by atoms with Gasteiger partial charge in [0.25, 0.3) is 11.8 Å². The Labute approximate surface area is 153 Å². The molecule has 2 amide bonds. The Bertz CT molecular complexity index is 742. The number of hydrogen-bond donors (Lipinski definition) is 1. The van der Waals surface area contributed by atoms with E-state index in [1.807, 2.05) is 10.1 Å². The Morgan fingerprint density at radius 1 is 1.11 bits per heavy atom. The van der Waals surface area contributed by atoms with Crippen LogP contribution in [0.4, 0.5) is 13.2 Å². The molecule has 0 aromatic carbocycles. The summed E-state index contributed by atoms with van der Waals surface area (Å²) in [7, 11) is 0. The van der Waals surface area contributed by atoms with E-state index >= 15 is 0 Å². The number of rotatable bonds is 2. The van der Waals surface area contributed by atoms with Crippen molar-refractivity contribution in [2.45, 2.75) is 31.5 Å². The number of nitrogens with one attached hydrogen (secondary N) is 1. The molecule has 4 heterocycles. The Morgan fingerprint density at radius 3 is 2.52 bits per heavy atom. The summed E-state index contributed by atoms with van der Waals surface area (Å²) in [4.78, 5) is 26.2. The van der Waals surface area contributed by atoms with E-state index in [0.29, 0.717) is 39.1 Å². The fraction of sp³-hybridized carbons (Fsp3) is 0.688. The summed E-state index contributed by atoms with van der Waals surface area (Å²) in [6, 6.07) is -0.0657. The topological polar surface area (TPSA) is 81.8 Å². The molecule has 1 aromatic heterocycles. The average molecular weight is 387 g/mol. The Hall–Kier alpha value is -2.14. The van der Waals surface area contributed by atoms with E-state index in [9.17, 15) is 22.8 Å². The first-order valence-electron chi connectivity index (χ1n) is 8.94. The van der Waals surface area contributed by atoms with Gasteiger partial charge in [0.05, 0.1) is 13.2 Å². The van der Waals surface area contributed by atoms with E-state index < -0.39 is 17.8 Å². The SMILES string of the molecule is O=C1c2n[nH]c(C(F)(F)F)c2CCN1C1CCN(N2CCOCC2=O)CC1. The quantitative estimate of drug-likeness (QED) is 0.807. The first kappa shape index (κ1) is 18.2. The summed E-state index contributed by atoms with van der Waals surface area (Å²) in [6.07, 6.45) is -3.10. The van der Waals surface area contributed by atoms with Crippen LogP contribution < -0.4 is 0 Å². The Balaban J connectivity index is 1.42. The summed E-state index contributed by atoms with van der Waals surface area (Å²) in [5.41, 5.74) is -1.09. The highest BCUT2D eigenvalue weighted by Crippen LogP contribution is 2.34. The number of carbonyl (C=O) groups is 2. The molecular weight excluding hydrogens is 367 g/mol. The van der Waals surface area contributed by atoms with Crippen LogP contribution in [-0.2, 0) is 22.1 Å². The van der Waals surface area contributed by atoms with E-state index in [4.69, 9.17) is 4.74 Å². The number of piperidine rings is 1. The number of aromatic nitrogens is 2. The third-order valence-electron chi connectivity index (χ3n) is 5.40. The number of H-pyrrole nitrogens is 1. The molecule has 2 fully saturated rings. The maximum absolute atomic E-state index is 13.0. The van der Waals surface area contributed by atoms with E-state index in [2.05, 4.69) is 5.10 Å². The zero-order chi connectivity index (χ0) is 19.2. The van der Waals surface area contributed by atoms with Crippen molar-refractivity contribution < 1.29 is 27.5 Å². The van der Waals surface area contributed by atoms with Crippen molar-refractivity contribution in [3.05, 3.63) is 17.0 Å². The molecule has 0 saturated carbocycles. The molecule has 0 unspecified atom stereocenters. The number of morpholine rings is 1. The fourth-order valence-corrected chi connectivity index (χ4v) is 4.05. The van der Waals surface area contributed by atoms with Crippen molar-refractivity contribution in [2.24, 2.45) is 0 Å². The molecule has 2 saturated heterocycles. The van der Waals surface area contributed by atoms with E-state index in [-0.39, 0.29) is 42.8 Å². The summed E-state index contributed by atoms with van der Waals surface area (Å²) in [5.74, 6) is -0.529. The number of aromatic amines is 1. The monoisotopic (exact) mass is 387 g/mol. The lowest BCUT2D eigenvalue weighted by Crippen LogP contribution is -2.57. The van der Waals surface area contributed by atoms with Crippen molar-refractivity contribution in [1.29, 1.82) is 0 Å². The van der Waals surface area contributed by atoms with Crippen molar-refractivity contribution in [2.75, 3.05) is 39.4 Å². The average Bonchev–Trinajstić information content (AvgIpc) is 3.08. The molecule has 8 nitrogen and oxygen atoms in total. The highest BCUT2D eigenvalue weighted by molar-refractivity contribution is 5.95. The summed E-state index contributed by atoms with van der Waals surface area (Å²) < 4.78 is 44.1. The molecule has 0 spiro atoms. The van der Waals surface area contributed by atoms with Crippen LogP contribution in [0.15, 0.2) is 0 Å². The molecule has 0 bridgehead atoms. The van der Waals surface area contributed by atoms with Crippen molar-refractivity contribution >= 4 is 11.8 Å². The van der Waals surface area contributed by atoms with Crippen molar-refractivity contribution in [1.82, 2.24) is 25.1 Å². The first-order valence-corrected chi connectivity index (χ1v) is 8.94. The van der Waals surface area contributed by atoms with Gasteiger partial charge >= 0.3 is 6.18 Å². The zero-order valence-corrected chi connectivity index (χ0v) is 14.6. The molecule has 0 radical (unpaired) electrons. The molecule has 0 atom stereocenters. The van der Waals surface area contributed by atoms with Crippen molar-refractivity contribution in [3.8, 4) is 0 Å². The second kappa shape index (κ2) is 6.79. The largest absolute Gasteiger partial charge is 0.433 e. The standard InChI is InChI=1S/C16H20F3N5O3/c17-16(18,19)14-11-3-6-23(15(26)13(11)20-21-14)10-1-4-22(5-2-10)24-7-8-27-9-12(24)25/h10H,1-9H2,(H,20,21). The highest BCUT2D eigenvalue weighted by atomic mass is 19.4. The molecule has 148 valence electrons. The molecular formula is C16H20F3N5O3. The van der Waals surface area contributed by atoms with Gasteiger partial charge in [-0.05, 0) is 19.3 Å². The van der Waals surface area contributed by atoms with Gasteiger partial charge in [0, 0.05) is 31.2 Å². The maximum Gasteiger partial charge on any atom is 0.433 e. The smallest absolute Gasteiger partial charge is 0.370 e. The van der Waals surface area contributed by atoms with Crippen LogP contribution in [0, 0.1) is 0 Å². The number of hydrogen-bond acceptors (Lipinski definition) is 5. The van der Waals surface area contributed by atoms with Crippen LogP contribution in [-0.4, -0.2) is 82.4 Å². The lowest BCUT2D eigenvalue weighted by Gasteiger charge is -2.44. The van der Waals surface area contributed by atoms with Gasteiger partial charge in [-0.15, -0.1) is 0 Å². The second-order valence-electron chi connectivity index (χ2n) is 6.93. The van der Waals surface area contributed by atoms with Gasteiger partial charge in [-0.2, -0.15) is 18.3 Å². The van der Waals surface area contributed by atoms with E-state index in [1.54, 1.807) is 9.91 Å². The van der Waals surface area contributed by atoms with Crippen LogP contribution >= 0.6 is 0 Å². The minimum Gasteiger partial charge on any atom is -0.370 e. The second-order valence-corrected chi connectivity index (χ2v) is 6.93. The van der Waals surface area contributed by atoms with E-state index in [1.165, 1.54) is 0 Å². The molecule has 11 heteroatoms. The molecule has 1 aromatic rings. The number of ether oxygens (including phenoxy) is 1. The normalized spacial score (nSPS) is 23.1. The lowest BCUT2D eigenvalue weighted by molar-refractivity contribution is -0.168. The predicted octanol–water partition coefficient (Wildman–Crippen LogP) is 0.665. The van der Waals surface area contributed by atoms with Crippen LogP contribution in [0.3, 0.4) is 0 Å². The van der Waals surface area contributed by atoms with Gasteiger partial charge in [0.15, 0.2) is 5.69 Å². The molecule has 3 aliphatic rings. The minimum absolute atomic E-state index is 0.0416. The molecule has 1 N–H and O–H groups in total. The number of hydrazine groups is 1. The van der Waals surface area contributed by atoms with Crippen LogP contribution in [0.25, 0.3) is 0 Å². The number of alkyl halides is 3. The van der Waals surface area contributed by atoms with Crippen LogP contribution in [0.2, 0.25) is 0 Å².